The van der Waals surface area contributed by atoms with E-state index in [0.717, 1.165) is 0 Å². The van der Waals surface area contributed by atoms with Crippen LogP contribution in [0.15, 0.2) is 17.8 Å². The maximum absolute atomic E-state index is 8.60. The lowest BCUT2D eigenvalue weighted by atomic mass is 10.7. The summed E-state index contributed by atoms with van der Waals surface area (Å²) in [5, 5.41) is 8.60. The standard InChI is InChI=1S/C6H10O2/c1-3-5-6(7)8-4-2/h3,7H,4H2,1-2H3. The van der Waals surface area contributed by atoms with Gasteiger partial charge in [0.2, 0.25) is 0 Å². The molecule has 0 unspecified atom stereocenters. The van der Waals surface area contributed by atoms with Gasteiger partial charge in [-0.25, -0.2) is 0 Å². The van der Waals surface area contributed by atoms with E-state index in [4.69, 9.17) is 5.11 Å². The van der Waals surface area contributed by atoms with Gasteiger partial charge in [-0.1, -0.05) is 0 Å². The second-order valence-electron chi connectivity index (χ2n) is 1.17. The predicted octanol–water partition coefficient (Wildman–Crippen LogP) is 1.60. The molecule has 0 aliphatic carbocycles. The number of hydrogen-bond donors (Lipinski definition) is 1. The average Bonchev–Trinajstić information content (AvgIpc) is 1.68. The highest BCUT2D eigenvalue weighted by atomic mass is 16.6. The van der Waals surface area contributed by atoms with Crippen molar-refractivity contribution < 1.29 is 9.84 Å². The molecule has 0 spiro atoms. The molecule has 0 amide bonds. The first-order valence-corrected chi connectivity index (χ1v) is 2.54. The van der Waals surface area contributed by atoms with Crippen LogP contribution in [-0.4, -0.2) is 11.7 Å². The maximum Gasteiger partial charge on any atom is 0.324 e. The Bertz CT molecular complexity index is 110. The summed E-state index contributed by atoms with van der Waals surface area (Å²) in [6.07, 6.45) is 1.59. The Morgan fingerprint density at radius 3 is 2.88 bits per heavy atom. The quantitative estimate of drug-likeness (QED) is 0.436. The van der Waals surface area contributed by atoms with Crippen LogP contribution in [0.5, 0.6) is 0 Å². The largest absolute Gasteiger partial charge is 0.475 e. The van der Waals surface area contributed by atoms with Crippen molar-refractivity contribution in [2.24, 2.45) is 0 Å². The molecule has 0 saturated carbocycles. The van der Waals surface area contributed by atoms with E-state index < -0.39 is 0 Å². The highest BCUT2D eigenvalue weighted by molar-refractivity contribution is 4.80. The molecule has 0 atom stereocenters. The third kappa shape index (κ3) is 3.32. The molecule has 0 fully saturated rings. The molecule has 0 aromatic heterocycles. The summed E-state index contributed by atoms with van der Waals surface area (Å²) < 4.78 is 4.61. The van der Waals surface area contributed by atoms with E-state index in [1.807, 2.05) is 0 Å². The van der Waals surface area contributed by atoms with Crippen LogP contribution < -0.4 is 0 Å². The second kappa shape index (κ2) is 4.28. The fourth-order valence-electron chi connectivity index (χ4n) is 0.302. The molecule has 46 valence electrons. The van der Waals surface area contributed by atoms with Gasteiger partial charge in [0, 0.05) is 0 Å². The Hall–Kier alpha value is -0.880. The lowest BCUT2D eigenvalue weighted by Gasteiger charge is -1.93. The van der Waals surface area contributed by atoms with Crippen molar-refractivity contribution in [2.75, 3.05) is 6.61 Å². The number of hydrogen-bond acceptors (Lipinski definition) is 2. The predicted molar refractivity (Wildman–Crippen MR) is 31.5 cm³/mol. The summed E-state index contributed by atoms with van der Waals surface area (Å²) in [5.41, 5.74) is 2.47. The maximum atomic E-state index is 8.60. The first-order chi connectivity index (χ1) is 3.81. The monoisotopic (exact) mass is 114 g/mol. The van der Waals surface area contributed by atoms with Gasteiger partial charge in [0.25, 0.3) is 0 Å². The molecule has 0 heterocycles. The first-order valence-electron chi connectivity index (χ1n) is 2.54. The molecule has 0 aliphatic heterocycles. The summed E-state index contributed by atoms with van der Waals surface area (Å²) in [5.74, 6) is -0.144. The van der Waals surface area contributed by atoms with E-state index in [1.54, 1.807) is 19.9 Å². The normalized spacial score (nSPS) is 7.25. The van der Waals surface area contributed by atoms with Crippen molar-refractivity contribution >= 4 is 0 Å². The smallest absolute Gasteiger partial charge is 0.324 e. The molecule has 0 aromatic carbocycles. The third-order valence-corrected chi connectivity index (χ3v) is 0.549. The minimum Gasteiger partial charge on any atom is -0.475 e. The van der Waals surface area contributed by atoms with Gasteiger partial charge in [-0.05, 0) is 25.7 Å². The van der Waals surface area contributed by atoms with Crippen molar-refractivity contribution in [3.63, 3.8) is 0 Å². The molecule has 2 heteroatoms. The Morgan fingerprint density at radius 1 is 1.88 bits per heavy atom. The van der Waals surface area contributed by atoms with E-state index in [1.165, 1.54) is 0 Å². The minimum absolute atomic E-state index is 0.144. The second-order valence-corrected chi connectivity index (χ2v) is 1.17. The van der Waals surface area contributed by atoms with E-state index >= 15 is 0 Å². The highest BCUT2D eigenvalue weighted by Gasteiger charge is 1.81. The zero-order chi connectivity index (χ0) is 6.41. The van der Waals surface area contributed by atoms with Crippen LogP contribution in [0.1, 0.15) is 13.8 Å². The summed E-state index contributed by atoms with van der Waals surface area (Å²) in [7, 11) is 0. The third-order valence-electron chi connectivity index (χ3n) is 0.549. The SMILES string of the molecule is CC=C=C(O)OCC. The molecule has 0 radical (unpaired) electrons. The molecular weight excluding hydrogens is 104 g/mol. The summed E-state index contributed by atoms with van der Waals surface area (Å²) in [6.45, 7) is 4.04. The molecule has 8 heavy (non-hydrogen) atoms. The van der Waals surface area contributed by atoms with Crippen LogP contribution in [0.3, 0.4) is 0 Å². The van der Waals surface area contributed by atoms with Crippen molar-refractivity contribution in [1.29, 1.82) is 0 Å². The molecule has 2 nitrogen and oxygen atoms in total. The molecule has 0 rings (SSSR count). The van der Waals surface area contributed by atoms with Gasteiger partial charge >= 0.3 is 5.95 Å². The van der Waals surface area contributed by atoms with E-state index in [-0.39, 0.29) is 5.95 Å². The lowest BCUT2D eigenvalue weighted by Crippen LogP contribution is -1.86. The number of aliphatic hydroxyl groups is 1. The van der Waals surface area contributed by atoms with E-state index in [2.05, 4.69) is 10.5 Å². The van der Waals surface area contributed by atoms with E-state index in [9.17, 15) is 0 Å². The summed E-state index contributed by atoms with van der Waals surface area (Å²) >= 11 is 0. The van der Waals surface area contributed by atoms with Crippen molar-refractivity contribution in [2.45, 2.75) is 13.8 Å². The topological polar surface area (TPSA) is 29.5 Å². The van der Waals surface area contributed by atoms with Gasteiger partial charge in [0.05, 0.1) is 6.61 Å². The van der Waals surface area contributed by atoms with Crippen LogP contribution in [0, 0.1) is 0 Å². The average molecular weight is 114 g/mol. The van der Waals surface area contributed by atoms with Crippen molar-refractivity contribution in [3.05, 3.63) is 17.8 Å². The Labute approximate surface area is 49.1 Å². The molecular formula is C6H10O2. The summed E-state index contributed by atoms with van der Waals surface area (Å²) in [6, 6.07) is 0. The van der Waals surface area contributed by atoms with Gasteiger partial charge in [-0.15, -0.1) is 0 Å². The molecule has 0 aromatic rings. The van der Waals surface area contributed by atoms with Gasteiger partial charge in [0.1, 0.15) is 0 Å². The molecule has 0 saturated heterocycles. The minimum atomic E-state index is -0.144. The van der Waals surface area contributed by atoms with Gasteiger partial charge in [-0.2, -0.15) is 0 Å². The highest BCUT2D eigenvalue weighted by Crippen LogP contribution is 1.85. The van der Waals surface area contributed by atoms with Gasteiger partial charge in [0.15, 0.2) is 0 Å². The Balaban J connectivity index is 3.62. The van der Waals surface area contributed by atoms with Crippen molar-refractivity contribution in [3.8, 4) is 0 Å². The van der Waals surface area contributed by atoms with Crippen LogP contribution in [0.2, 0.25) is 0 Å². The lowest BCUT2D eigenvalue weighted by molar-refractivity contribution is 0.104. The van der Waals surface area contributed by atoms with Gasteiger partial charge < -0.3 is 9.84 Å². The van der Waals surface area contributed by atoms with Crippen LogP contribution in [-0.2, 0) is 4.74 Å². The van der Waals surface area contributed by atoms with Gasteiger partial charge in [-0.3, -0.25) is 0 Å². The van der Waals surface area contributed by atoms with Crippen molar-refractivity contribution in [1.82, 2.24) is 0 Å². The molecule has 0 bridgehead atoms. The fraction of sp³-hybridized carbons (Fsp3) is 0.500. The Kier molecular flexibility index (Phi) is 3.81. The van der Waals surface area contributed by atoms with Crippen LogP contribution >= 0.6 is 0 Å². The molecule has 0 aliphatic rings. The summed E-state index contributed by atoms with van der Waals surface area (Å²) in [4.78, 5) is 0. The zero-order valence-corrected chi connectivity index (χ0v) is 5.14. The first kappa shape index (κ1) is 7.12. The number of allylic oxidation sites excluding steroid dienone is 1. The molecule has 1 N–H and O–H groups in total. The van der Waals surface area contributed by atoms with E-state index in [0.29, 0.717) is 6.61 Å². The number of ether oxygens (including phenoxy) is 1. The van der Waals surface area contributed by atoms with Crippen LogP contribution in [0.25, 0.3) is 0 Å². The fourth-order valence-corrected chi connectivity index (χ4v) is 0.302. The zero-order valence-electron chi connectivity index (χ0n) is 5.14. The number of rotatable bonds is 2. The van der Waals surface area contributed by atoms with Crippen LogP contribution in [0.4, 0.5) is 0 Å². The Morgan fingerprint density at radius 2 is 2.50 bits per heavy atom. The number of aliphatic hydroxyl groups excluding tert-OH is 1.